The number of nitrogens with one attached hydrogen (secondary N) is 2. The van der Waals surface area contributed by atoms with Gasteiger partial charge in [-0.3, -0.25) is 14.9 Å². The molecule has 1 fully saturated rings. The molecule has 0 spiro atoms. The summed E-state index contributed by atoms with van der Waals surface area (Å²) in [4.78, 5) is 29.2. The highest BCUT2D eigenvalue weighted by Gasteiger charge is 2.26. The number of hydrogen-bond donors (Lipinski definition) is 2. The Balaban J connectivity index is 2.02. The van der Waals surface area contributed by atoms with Crippen LogP contribution in [0.4, 0.5) is 17.5 Å². The SMILES string of the molecule is COC(=O)CCNc1ncc([N+](=O)[O-])c(NC2CC2)n1. The number of carbonyl (C=O) groups excluding carboxylic acids is 1. The number of nitrogens with zero attached hydrogens (tertiary/aromatic N) is 3. The van der Waals surface area contributed by atoms with E-state index in [0.29, 0.717) is 6.54 Å². The van der Waals surface area contributed by atoms with E-state index in [1.54, 1.807) is 0 Å². The normalized spacial score (nSPS) is 13.7. The Bertz CT molecular complexity index is 518. The van der Waals surface area contributed by atoms with Crippen molar-refractivity contribution in [2.45, 2.75) is 25.3 Å². The molecule has 1 heterocycles. The Morgan fingerprint density at radius 2 is 2.35 bits per heavy atom. The number of carbonyl (C=O) groups is 1. The van der Waals surface area contributed by atoms with Crippen molar-refractivity contribution in [1.82, 2.24) is 9.97 Å². The molecule has 0 unspecified atom stereocenters. The molecule has 0 saturated heterocycles. The molecule has 20 heavy (non-hydrogen) atoms. The second kappa shape index (κ2) is 6.13. The molecule has 0 aliphatic heterocycles. The van der Waals surface area contributed by atoms with Crippen LogP contribution >= 0.6 is 0 Å². The van der Waals surface area contributed by atoms with Crippen LogP contribution in [0.5, 0.6) is 0 Å². The molecule has 1 aliphatic rings. The average Bonchev–Trinajstić information content (AvgIpc) is 3.22. The molecule has 0 radical (unpaired) electrons. The van der Waals surface area contributed by atoms with Crippen LogP contribution in [0.25, 0.3) is 0 Å². The highest BCUT2D eigenvalue weighted by molar-refractivity contribution is 5.69. The van der Waals surface area contributed by atoms with Gasteiger partial charge < -0.3 is 15.4 Å². The zero-order valence-corrected chi connectivity index (χ0v) is 11.0. The lowest BCUT2D eigenvalue weighted by atomic mass is 10.4. The van der Waals surface area contributed by atoms with Gasteiger partial charge in [-0.25, -0.2) is 4.98 Å². The fourth-order valence-electron chi connectivity index (χ4n) is 1.50. The van der Waals surface area contributed by atoms with Crippen molar-refractivity contribution in [1.29, 1.82) is 0 Å². The standard InChI is InChI=1S/C11H15N5O4/c1-20-9(17)4-5-12-11-13-6-8(16(18)19)10(15-11)14-7-2-3-7/h6-7H,2-5H2,1H3,(H2,12,13,14,15). The van der Waals surface area contributed by atoms with Gasteiger partial charge in [-0.05, 0) is 12.8 Å². The second-order valence-electron chi connectivity index (χ2n) is 4.36. The van der Waals surface area contributed by atoms with E-state index in [2.05, 4.69) is 25.3 Å². The summed E-state index contributed by atoms with van der Waals surface area (Å²) in [6.07, 6.45) is 3.28. The van der Waals surface area contributed by atoms with Gasteiger partial charge in [-0.1, -0.05) is 0 Å². The van der Waals surface area contributed by atoms with Crippen LogP contribution in [0.15, 0.2) is 6.20 Å². The van der Waals surface area contributed by atoms with E-state index >= 15 is 0 Å². The fraction of sp³-hybridized carbons (Fsp3) is 0.545. The van der Waals surface area contributed by atoms with Crippen molar-refractivity contribution in [3.05, 3.63) is 16.3 Å². The predicted molar refractivity (Wildman–Crippen MR) is 70.5 cm³/mol. The van der Waals surface area contributed by atoms with Crippen LogP contribution in [0.1, 0.15) is 19.3 Å². The molecular weight excluding hydrogens is 266 g/mol. The Kier molecular flexibility index (Phi) is 4.28. The van der Waals surface area contributed by atoms with Crippen molar-refractivity contribution in [3.8, 4) is 0 Å². The maximum Gasteiger partial charge on any atom is 0.329 e. The van der Waals surface area contributed by atoms with Crippen LogP contribution in [0.2, 0.25) is 0 Å². The number of anilines is 2. The topological polar surface area (TPSA) is 119 Å². The summed E-state index contributed by atoms with van der Waals surface area (Å²) in [7, 11) is 1.31. The fourth-order valence-corrected chi connectivity index (χ4v) is 1.50. The van der Waals surface area contributed by atoms with Crippen molar-refractivity contribution >= 4 is 23.4 Å². The van der Waals surface area contributed by atoms with Gasteiger partial charge in [0.05, 0.1) is 18.5 Å². The second-order valence-corrected chi connectivity index (χ2v) is 4.36. The lowest BCUT2D eigenvalue weighted by molar-refractivity contribution is -0.384. The first-order valence-corrected chi connectivity index (χ1v) is 6.19. The first-order chi connectivity index (χ1) is 9.60. The zero-order chi connectivity index (χ0) is 14.5. The predicted octanol–water partition coefficient (Wildman–Crippen LogP) is 0.934. The first-order valence-electron chi connectivity index (χ1n) is 6.19. The van der Waals surface area contributed by atoms with Gasteiger partial charge >= 0.3 is 11.7 Å². The summed E-state index contributed by atoms with van der Waals surface area (Å²) in [6.45, 7) is 0.299. The summed E-state index contributed by atoms with van der Waals surface area (Å²) in [5, 5.41) is 16.7. The average molecular weight is 281 g/mol. The number of esters is 1. The number of ether oxygens (including phenoxy) is 1. The molecule has 108 valence electrons. The van der Waals surface area contributed by atoms with Crippen molar-refractivity contribution < 1.29 is 14.5 Å². The summed E-state index contributed by atoms with van der Waals surface area (Å²) in [5.41, 5.74) is -0.157. The zero-order valence-electron chi connectivity index (χ0n) is 11.0. The molecule has 0 aromatic carbocycles. The number of nitro groups is 1. The summed E-state index contributed by atoms with van der Waals surface area (Å²) in [5.74, 6) is 0.0893. The van der Waals surface area contributed by atoms with Crippen LogP contribution in [-0.4, -0.2) is 40.6 Å². The Morgan fingerprint density at radius 1 is 1.60 bits per heavy atom. The third kappa shape index (κ3) is 3.77. The minimum atomic E-state index is -0.525. The highest BCUT2D eigenvalue weighted by Crippen LogP contribution is 2.29. The van der Waals surface area contributed by atoms with Gasteiger partial charge in [0.25, 0.3) is 0 Å². The van der Waals surface area contributed by atoms with E-state index in [9.17, 15) is 14.9 Å². The minimum absolute atomic E-state index is 0.157. The van der Waals surface area contributed by atoms with Crippen LogP contribution in [0.3, 0.4) is 0 Å². The smallest absolute Gasteiger partial charge is 0.329 e. The molecule has 9 nitrogen and oxygen atoms in total. The molecule has 0 bridgehead atoms. The summed E-state index contributed by atoms with van der Waals surface area (Å²) < 4.78 is 4.50. The summed E-state index contributed by atoms with van der Waals surface area (Å²) >= 11 is 0. The largest absolute Gasteiger partial charge is 0.469 e. The van der Waals surface area contributed by atoms with Gasteiger partial charge in [0.2, 0.25) is 11.8 Å². The Labute approximate surface area is 114 Å². The van der Waals surface area contributed by atoms with Gasteiger partial charge in [-0.15, -0.1) is 0 Å². The third-order valence-electron chi connectivity index (χ3n) is 2.72. The number of rotatable bonds is 7. The van der Waals surface area contributed by atoms with Gasteiger partial charge in [0.15, 0.2) is 0 Å². The van der Waals surface area contributed by atoms with Crippen LogP contribution < -0.4 is 10.6 Å². The van der Waals surface area contributed by atoms with E-state index in [0.717, 1.165) is 19.0 Å². The van der Waals surface area contributed by atoms with Gasteiger partial charge in [-0.2, -0.15) is 4.98 Å². The van der Waals surface area contributed by atoms with Crippen molar-refractivity contribution in [3.63, 3.8) is 0 Å². The maximum absolute atomic E-state index is 11.0. The molecule has 2 N–H and O–H groups in total. The van der Waals surface area contributed by atoms with E-state index in [1.165, 1.54) is 7.11 Å². The van der Waals surface area contributed by atoms with E-state index in [-0.39, 0.29) is 35.9 Å². The molecule has 1 aliphatic carbocycles. The van der Waals surface area contributed by atoms with E-state index in [4.69, 9.17) is 0 Å². The van der Waals surface area contributed by atoms with Crippen molar-refractivity contribution in [2.75, 3.05) is 24.3 Å². The molecule has 2 rings (SSSR count). The molecule has 0 amide bonds. The molecular formula is C11H15N5O4. The van der Waals surface area contributed by atoms with Crippen LogP contribution in [-0.2, 0) is 9.53 Å². The Hall–Kier alpha value is -2.45. The molecule has 1 saturated carbocycles. The first kappa shape index (κ1) is 14.0. The maximum atomic E-state index is 11.0. The number of hydrogen-bond acceptors (Lipinski definition) is 8. The molecule has 0 atom stereocenters. The van der Waals surface area contributed by atoms with E-state index < -0.39 is 4.92 Å². The quantitative estimate of drug-likeness (QED) is 0.430. The van der Waals surface area contributed by atoms with Gasteiger partial charge in [0.1, 0.15) is 6.20 Å². The molecule has 1 aromatic heterocycles. The van der Waals surface area contributed by atoms with Gasteiger partial charge in [0, 0.05) is 12.6 Å². The van der Waals surface area contributed by atoms with Crippen LogP contribution in [0, 0.1) is 10.1 Å². The molecule has 1 aromatic rings. The lowest BCUT2D eigenvalue weighted by Crippen LogP contribution is -2.13. The highest BCUT2D eigenvalue weighted by atomic mass is 16.6. The minimum Gasteiger partial charge on any atom is -0.469 e. The van der Waals surface area contributed by atoms with Crippen molar-refractivity contribution in [2.24, 2.45) is 0 Å². The monoisotopic (exact) mass is 281 g/mol. The third-order valence-corrected chi connectivity index (χ3v) is 2.72. The Morgan fingerprint density at radius 3 is 2.95 bits per heavy atom. The number of aromatic nitrogens is 2. The molecule has 9 heteroatoms. The summed E-state index contributed by atoms with van der Waals surface area (Å²) in [6, 6.07) is 0.242. The lowest BCUT2D eigenvalue weighted by Gasteiger charge is -2.07. The number of methoxy groups -OCH3 is 1. The van der Waals surface area contributed by atoms with E-state index in [1.807, 2.05) is 0 Å².